The molecule has 0 radical (unpaired) electrons. The molecule has 4 heteroatoms. The van der Waals surface area contributed by atoms with E-state index in [0.29, 0.717) is 5.82 Å². The van der Waals surface area contributed by atoms with Crippen LogP contribution in [0.2, 0.25) is 0 Å². The number of aromatic nitrogens is 3. The van der Waals surface area contributed by atoms with Crippen molar-refractivity contribution in [2.45, 2.75) is 19.3 Å². The van der Waals surface area contributed by atoms with Gasteiger partial charge in [0.1, 0.15) is 5.82 Å². The third-order valence-corrected chi connectivity index (χ3v) is 3.83. The van der Waals surface area contributed by atoms with Crippen LogP contribution in [0.25, 0.3) is 22.3 Å². The van der Waals surface area contributed by atoms with E-state index in [1.54, 1.807) is 6.20 Å². The summed E-state index contributed by atoms with van der Waals surface area (Å²) in [6.07, 6.45) is 4.51. The number of hydrogen-bond donors (Lipinski definition) is 1. The molecule has 0 fully saturated rings. The maximum absolute atomic E-state index is 12.1. The zero-order valence-corrected chi connectivity index (χ0v) is 10.9. The number of nitrogens with zero attached hydrogens (tertiary/aromatic N) is 2. The van der Waals surface area contributed by atoms with Gasteiger partial charge >= 0.3 is 0 Å². The van der Waals surface area contributed by atoms with Crippen LogP contribution >= 0.6 is 0 Å². The van der Waals surface area contributed by atoms with E-state index in [1.807, 2.05) is 30.3 Å². The van der Waals surface area contributed by atoms with Crippen LogP contribution in [0.4, 0.5) is 0 Å². The van der Waals surface area contributed by atoms with Crippen LogP contribution in [0.3, 0.4) is 0 Å². The van der Waals surface area contributed by atoms with Crippen molar-refractivity contribution in [3.8, 4) is 11.4 Å². The molecule has 4 nitrogen and oxygen atoms in total. The standard InChI is InChI=1S/C16H13N3O/c20-16-11-6-2-8-13(11)18-15(19-16)12-7-1-4-10-5-3-9-17-14(10)12/h1,3-5,7,9H,2,6,8H2,(H,18,19,20). The molecule has 1 aliphatic rings. The van der Waals surface area contributed by atoms with Crippen LogP contribution in [0, 0.1) is 0 Å². The number of benzene rings is 1. The second-order valence-electron chi connectivity index (χ2n) is 5.07. The van der Waals surface area contributed by atoms with Gasteiger partial charge in [-0.2, -0.15) is 0 Å². The fourth-order valence-corrected chi connectivity index (χ4v) is 2.86. The average molecular weight is 263 g/mol. The molecule has 3 aromatic rings. The number of fused-ring (bicyclic) bond motifs is 2. The summed E-state index contributed by atoms with van der Waals surface area (Å²) >= 11 is 0. The average Bonchev–Trinajstić information content (AvgIpc) is 2.95. The Balaban J connectivity index is 2.01. The van der Waals surface area contributed by atoms with E-state index in [4.69, 9.17) is 0 Å². The minimum Gasteiger partial charge on any atom is -0.306 e. The molecular weight excluding hydrogens is 250 g/mol. The van der Waals surface area contributed by atoms with Gasteiger partial charge in [-0.1, -0.05) is 18.2 Å². The van der Waals surface area contributed by atoms with Crippen molar-refractivity contribution in [3.63, 3.8) is 0 Å². The monoisotopic (exact) mass is 263 g/mol. The first-order valence-electron chi connectivity index (χ1n) is 6.79. The number of pyridine rings is 1. The summed E-state index contributed by atoms with van der Waals surface area (Å²) in [4.78, 5) is 24.1. The third kappa shape index (κ3) is 1.65. The van der Waals surface area contributed by atoms with E-state index in [-0.39, 0.29) is 5.56 Å². The topological polar surface area (TPSA) is 58.6 Å². The first-order chi connectivity index (χ1) is 9.83. The van der Waals surface area contributed by atoms with Crippen LogP contribution in [-0.4, -0.2) is 15.0 Å². The van der Waals surface area contributed by atoms with Crippen molar-refractivity contribution in [1.82, 2.24) is 15.0 Å². The number of H-pyrrole nitrogens is 1. The summed E-state index contributed by atoms with van der Waals surface area (Å²) in [5.41, 5.74) is 3.54. The van der Waals surface area contributed by atoms with Crippen molar-refractivity contribution >= 4 is 10.9 Å². The van der Waals surface area contributed by atoms with Crippen LogP contribution in [0.5, 0.6) is 0 Å². The highest BCUT2D eigenvalue weighted by molar-refractivity contribution is 5.91. The van der Waals surface area contributed by atoms with Crippen molar-refractivity contribution < 1.29 is 0 Å². The molecule has 0 saturated heterocycles. The molecule has 0 spiro atoms. The highest BCUT2D eigenvalue weighted by Gasteiger charge is 2.18. The molecule has 1 aliphatic carbocycles. The number of nitrogens with one attached hydrogen (secondary N) is 1. The lowest BCUT2D eigenvalue weighted by atomic mass is 10.1. The Bertz CT molecular complexity index is 862. The van der Waals surface area contributed by atoms with Crippen molar-refractivity contribution in [2.75, 3.05) is 0 Å². The van der Waals surface area contributed by atoms with Crippen LogP contribution in [0.1, 0.15) is 17.7 Å². The van der Waals surface area contributed by atoms with Gasteiger partial charge in [-0.05, 0) is 31.4 Å². The highest BCUT2D eigenvalue weighted by atomic mass is 16.1. The van der Waals surface area contributed by atoms with Gasteiger partial charge < -0.3 is 4.98 Å². The number of rotatable bonds is 1. The molecule has 2 aromatic heterocycles. The first kappa shape index (κ1) is 11.3. The summed E-state index contributed by atoms with van der Waals surface area (Å²) in [7, 11) is 0. The molecule has 2 heterocycles. The van der Waals surface area contributed by atoms with E-state index >= 15 is 0 Å². The zero-order chi connectivity index (χ0) is 13.5. The molecule has 0 saturated carbocycles. The number of hydrogen-bond acceptors (Lipinski definition) is 3. The Hall–Kier alpha value is -2.49. The maximum Gasteiger partial charge on any atom is 0.254 e. The van der Waals surface area contributed by atoms with Crippen LogP contribution in [-0.2, 0) is 12.8 Å². The van der Waals surface area contributed by atoms with E-state index in [1.165, 1.54) is 0 Å². The Kier molecular flexibility index (Phi) is 2.42. The Morgan fingerprint density at radius 3 is 2.95 bits per heavy atom. The van der Waals surface area contributed by atoms with Gasteiger partial charge in [-0.15, -0.1) is 0 Å². The van der Waals surface area contributed by atoms with Crippen molar-refractivity contribution in [2.24, 2.45) is 0 Å². The lowest BCUT2D eigenvalue weighted by molar-refractivity contribution is 0.899. The Morgan fingerprint density at radius 1 is 1.10 bits per heavy atom. The molecular formula is C16H13N3O. The summed E-state index contributed by atoms with van der Waals surface area (Å²) in [6.45, 7) is 0. The first-order valence-corrected chi connectivity index (χ1v) is 6.79. The molecule has 1 aromatic carbocycles. The van der Waals surface area contributed by atoms with Gasteiger partial charge in [0.15, 0.2) is 0 Å². The number of aryl methyl sites for hydroxylation is 1. The fourth-order valence-electron chi connectivity index (χ4n) is 2.86. The van der Waals surface area contributed by atoms with Gasteiger partial charge in [-0.3, -0.25) is 9.78 Å². The fraction of sp³-hybridized carbons (Fsp3) is 0.188. The van der Waals surface area contributed by atoms with E-state index in [9.17, 15) is 4.79 Å². The van der Waals surface area contributed by atoms with Crippen molar-refractivity contribution in [1.29, 1.82) is 0 Å². The predicted octanol–water partition coefficient (Wildman–Crippen LogP) is 2.47. The van der Waals surface area contributed by atoms with Gasteiger partial charge in [0.25, 0.3) is 5.56 Å². The van der Waals surface area contributed by atoms with Crippen molar-refractivity contribution in [3.05, 3.63) is 58.1 Å². The van der Waals surface area contributed by atoms with Gasteiger partial charge in [0, 0.05) is 22.7 Å². The minimum atomic E-state index is -0.00423. The third-order valence-electron chi connectivity index (χ3n) is 3.83. The maximum atomic E-state index is 12.1. The van der Waals surface area contributed by atoms with Gasteiger partial charge in [-0.25, -0.2) is 4.98 Å². The lowest BCUT2D eigenvalue weighted by Gasteiger charge is -2.06. The second-order valence-corrected chi connectivity index (χ2v) is 5.07. The molecule has 0 bridgehead atoms. The van der Waals surface area contributed by atoms with E-state index < -0.39 is 0 Å². The predicted molar refractivity (Wildman–Crippen MR) is 77.6 cm³/mol. The van der Waals surface area contributed by atoms with E-state index in [2.05, 4.69) is 15.0 Å². The van der Waals surface area contributed by atoms with Gasteiger partial charge in [0.05, 0.1) is 11.2 Å². The summed E-state index contributed by atoms with van der Waals surface area (Å²) < 4.78 is 0. The SMILES string of the molecule is O=c1[nH]c(-c2cccc3cccnc23)nc2c1CCC2. The molecule has 0 aliphatic heterocycles. The minimum absolute atomic E-state index is 0.00423. The summed E-state index contributed by atoms with van der Waals surface area (Å²) in [6, 6.07) is 9.85. The smallest absolute Gasteiger partial charge is 0.254 e. The molecule has 98 valence electrons. The molecule has 0 unspecified atom stereocenters. The normalized spacial score (nSPS) is 13.6. The zero-order valence-electron chi connectivity index (χ0n) is 10.9. The second kappa shape index (κ2) is 4.27. The summed E-state index contributed by atoms with van der Waals surface area (Å²) in [5.74, 6) is 0.625. The van der Waals surface area contributed by atoms with Crippen LogP contribution < -0.4 is 5.56 Å². The molecule has 0 atom stereocenters. The number of para-hydroxylation sites is 1. The molecule has 0 amide bonds. The Labute approximate surface area is 115 Å². The molecule has 1 N–H and O–H groups in total. The summed E-state index contributed by atoms with van der Waals surface area (Å²) in [5, 5.41) is 1.05. The Morgan fingerprint density at radius 2 is 2.00 bits per heavy atom. The molecule has 20 heavy (non-hydrogen) atoms. The number of aromatic amines is 1. The lowest BCUT2D eigenvalue weighted by Crippen LogP contribution is -2.15. The molecule has 4 rings (SSSR count). The van der Waals surface area contributed by atoms with Gasteiger partial charge in [0.2, 0.25) is 0 Å². The quantitative estimate of drug-likeness (QED) is 0.733. The highest BCUT2D eigenvalue weighted by Crippen LogP contribution is 2.25. The largest absolute Gasteiger partial charge is 0.306 e. The van der Waals surface area contributed by atoms with E-state index in [0.717, 1.165) is 47.0 Å². The van der Waals surface area contributed by atoms with Crippen LogP contribution in [0.15, 0.2) is 41.3 Å².